The van der Waals surface area contributed by atoms with Gasteiger partial charge in [-0.3, -0.25) is 4.79 Å². The molecule has 0 radical (unpaired) electrons. The predicted molar refractivity (Wildman–Crippen MR) is 100 cm³/mol. The summed E-state index contributed by atoms with van der Waals surface area (Å²) in [7, 11) is 3.31. The van der Waals surface area contributed by atoms with Gasteiger partial charge in [-0.25, -0.2) is 0 Å². The largest absolute Gasteiger partial charge is 0.496 e. The van der Waals surface area contributed by atoms with Gasteiger partial charge in [0, 0.05) is 0 Å². The molecule has 2 rings (SSSR count). The van der Waals surface area contributed by atoms with Crippen molar-refractivity contribution in [3.63, 3.8) is 0 Å². The molecular weight excluding hydrogens is 314 g/mol. The van der Waals surface area contributed by atoms with Crippen LogP contribution in [-0.2, 0) is 11.2 Å². The van der Waals surface area contributed by atoms with Gasteiger partial charge in [0.25, 0.3) is 0 Å². The van der Waals surface area contributed by atoms with Crippen LogP contribution in [0.5, 0.6) is 11.5 Å². The van der Waals surface area contributed by atoms with Gasteiger partial charge in [-0.2, -0.15) is 0 Å². The Kier molecular flexibility index (Phi) is 6.45. The maximum atomic E-state index is 12.5. The van der Waals surface area contributed by atoms with Crippen molar-refractivity contribution in [3.8, 4) is 11.5 Å². The van der Waals surface area contributed by atoms with E-state index >= 15 is 0 Å². The van der Waals surface area contributed by atoms with E-state index in [4.69, 9.17) is 9.47 Å². The van der Waals surface area contributed by atoms with Crippen LogP contribution in [0, 0.1) is 13.8 Å². The average Bonchev–Trinajstić information content (AvgIpc) is 2.59. The fraction of sp³-hybridized carbons (Fsp3) is 0.381. The van der Waals surface area contributed by atoms with Crippen molar-refractivity contribution in [1.82, 2.24) is 5.32 Å². The molecular formula is C21H27NO3. The molecule has 2 aromatic carbocycles. The molecule has 4 nitrogen and oxygen atoms in total. The summed E-state index contributed by atoms with van der Waals surface area (Å²) in [6.45, 7) is 6.06. The molecule has 0 bridgehead atoms. The van der Waals surface area contributed by atoms with Crippen molar-refractivity contribution in [2.75, 3.05) is 14.2 Å². The van der Waals surface area contributed by atoms with E-state index in [9.17, 15) is 4.79 Å². The first-order valence-corrected chi connectivity index (χ1v) is 8.55. The van der Waals surface area contributed by atoms with Crippen molar-refractivity contribution in [1.29, 1.82) is 0 Å². The second-order valence-corrected chi connectivity index (χ2v) is 6.24. The standard InChI is InChI=1S/C21H27NO3/c1-6-18(17-8-10-20(25-5)15(3)12-17)22-21(23)13-16-7-9-19(24-4)14(2)11-16/h7-12,18H,6,13H2,1-5H3,(H,22,23)/t18-/m1/s1. The minimum absolute atomic E-state index is 0.00329. The van der Waals surface area contributed by atoms with Crippen molar-refractivity contribution >= 4 is 5.91 Å². The lowest BCUT2D eigenvalue weighted by Crippen LogP contribution is -2.29. The number of carbonyl (C=O) groups is 1. The Morgan fingerprint density at radius 2 is 1.60 bits per heavy atom. The lowest BCUT2D eigenvalue weighted by molar-refractivity contribution is -0.121. The molecule has 0 fully saturated rings. The highest BCUT2D eigenvalue weighted by atomic mass is 16.5. The van der Waals surface area contributed by atoms with Gasteiger partial charge in [-0.05, 0) is 54.7 Å². The van der Waals surface area contributed by atoms with Gasteiger partial charge < -0.3 is 14.8 Å². The van der Waals surface area contributed by atoms with E-state index < -0.39 is 0 Å². The van der Waals surface area contributed by atoms with Gasteiger partial charge in [-0.15, -0.1) is 0 Å². The first-order valence-electron chi connectivity index (χ1n) is 8.55. The van der Waals surface area contributed by atoms with Crippen LogP contribution in [0.15, 0.2) is 36.4 Å². The van der Waals surface area contributed by atoms with E-state index in [2.05, 4.69) is 18.3 Å². The molecule has 1 atom stereocenters. The Balaban J connectivity index is 2.07. The maximum Gasteiger partial charge on any atom is 0.224 e. The van der Waals surface area contributed by atoms with Gasteiger partial charge in [-0.1, -0.05) is 31.2 Å². The first-order chi connectivity index (χ1) is 12.0. The second kappa shape index (κ2) is 8.56. The number of amides is 1. The van der Waals surface area contributed by atoms with Gasteiger partial charge in [0.05, 0.1) is 26.7 Å². The van der Waals surface area contributed by atoms with Crippen LogP contribution in [0.25, 0.3) is 0 Å². The van der Waals surface area contributed by atoms with Gasteiger partial charge in [0.15, 0.2) is 0 Å². The Labute approximate surface area is 150 Å². The average molecular weight is 341 g/mol. The normalized spacial score (nSPS) is 11.7. The number of nitrogens with one attached hydrogen (secondary N) is 1. The number of ether oxygens (including phenoxy) is 2. The zero-order valence-corrected chi connectivity index (χ0v) is 15.7. The van der Waals surface area contributed by atoms with Gasteiger partial charge in [0.2, 0.25) is 5.91 Å². The Bertz CT molecular complexity index is 740. The summed E-state index contributed by atoms with van der Waals surface area (Å²) in [6, 6.07) is 11.9. The Morgan fingerprint density at radius 3 is 2.12 bits per heavy atom. The summed E-state index contributed by atoms with van der Waals surface area (Å²) in [4.78, 5) is 12.5. The summed E-state index contributed by atoms with van der Waals surface area (Å²) >= 11 is 0. The zero-order valence-electron chi connectivity index (χ0n) is 15.7. The van der Waals surface area contributed by atoms with Crippen LogP contribution in [0.4, 0.5) is 0 Å². The van der Waals surface area contributed by atoms with E-state index in [0.717, 1.165) is 40.2 Å². The fourth-order valence-electron chi connectivity index (χ4n) is 3.02. The minimum Gasteiger partial charge on any atom is -0.496 e. The molecule has 4 heteroatoms. The van der Waals surface area contributed by atoms with Crippen LogP contribution < -0.4 is 14.8 Å². The third-order valence-corrected chi connectivity index (χ3v) is 4.39. The van der Waals surface area contributed by atoms with Crippen molar-refractivity contribution in [2.24, 2.45) is 0 Å². The third kappa shape index (κ3) is 4.75. The lowest BCUT2D eigenvalue weighted by Gasteiger charge is -2.19. The van der Waals surface area contributed by atoms with E-state index in [1.54, 1.807) is 14.2 Å². The molecule has 134 valence electrons. The molecule has 2 aromatic rings. The van der Waals surface area contributed by atoms with Crippen molar-refractivity contribution in [3.05, 3.63) is 58.7 Å². The smallest absolute Gasteiger partial charge is 0.224 e. The zero-order chi connectivity index (χ0) is 18.4. The molecule has 0 aliphatic carbocycles. The molecule has 1 amide bonds. The SMILES string of the molecule is CC[C@@H](NC(=O)Cc1ccc(OC)c(C)c1)c1ccc(OC)c(C)c1. The summed E-state index contributed by atoms with van der Waals surface area (Å²) < 4.78 is 10.6. The van der Waals surface area contributed by atoms with Gasteiger partial charge in [0.1, 0.15) is 11.5 Å². The fourth-order valence-corrected chi connectivity index (χ4v) is 3.02. The van der Waals surface area contributed by atoms with Crippen molar-refractivity contribution < 1.29 is 14.3 Å². The molecule has 0 heterocycles. The molecule has 0 saturated carbocycles. The topological polar surface area (TPSA) is 47.6 Å². The minimum atomic E-state index is -0.00329. The number of hydrogen-bond donors (Lipinski definition) is 1. The highest BCUT2D eigenvalue weighted by Gasteiger charge is 2.14. The summed E-state index contributed by atoms with van der Waals surface area (Å²) in [5, 5.41) is 3.13. The maximum absolute atomic E-state index is 12.5. The highest BCUT2D eigenvalue weighted by Crippen LogP contribution is 2.24. The summed E-state index contributed by atoms with van der Waals surface area (Å²) in [5.74, 6) is 1.72. The number of rotatable bonds is 7. The Hall–Kier alpha value is -2.49. The second-order valence-electron chi connectivity index (χ2n) is 6.24. The summed E-state index contributed by atoms with van der Waals surface area (Å²) in [5.41, 5.74) is 4.18. The lowest BCUT2D eigenvalue weighted by atomic mass is 10.0. The van der Waals surface area contributed by atoms with E-state index in [0.29, 0.717) is 6.42 Å². The molecule has 1 N–H and O–H groups in total. The molecule has 0 unspecified atom stereocenters. The molecule has 0 aromatic heterocycles. The van der Waals surface area contributed by atoms with E-state index in [1.807, 2.05) is 44.2 Å². The van der Waals surface area contributed by atoms with Crippen LogP contribution in [0.1, 0.15) is 41.6 Å². The highest BCUT2D eigenvalue weighted by molar-refractivity contribution is 5.79. The van der Waals surface area contributed by atoms with Crippen molar-refractivity contribution in [2.45, 2.75) is 39.7 Å². The number of carbonyl (C=O) groups excluding carboxylic acids is 1. The molecule has 25 heavy (non-hydrogen) atoms. The van der Waals surface area contributed by atoms with Crippen LogP contribution >= 0.6 is 0 Å². The Morgan fingerprint density at radius 1 is 1.00 bits per heavy atom. The summed E-state index contributed by atoms with van der Waals surface area (Å²) in [6.07, 6.45) is 1.19. The third-order valence-electron chi connectivity index (χ3n) is 4.39. The quantitative estimate of drug-likeness (QED) is 0.824. The molecule has 0 aliphatic heterocycles. The number of hydrogen-bond acceptors (Lipinski definition) is 3. The van der Waals surface area contributed by atoms with Crippen LogP contribution in [0.3, 0.4) is 0 Å². The number of benzene rings is 2. The molecule has 0 saturated heterocycles. The number of methoxy groups -OCH3 is 2. The number of aryl methyl sites for hydroxylation is 2. The predicted octanol–water partition coefficient (Wildman–Crippen LogP) is 4.13. The monoisotopic (exact) mass is 341 g/mol. The first kappa shape index (κ1) is 18.8. The molecule has 0 spiro atoms. The van der Waals surface area contributed by atoms with Crippen LogP contribution in [-0.4, -0.2) is 20.1 Å². The van der Waals surface area contributed by atoms with Crippen LogP contribution in [0.2, 0.25) is 0 Å². The van der Waals surface area contributed by atoms with E-state index in [-0.39, 0.29) is 11.9 Å². The van der Waals surface area contributed by atoms with E-state index in [1.165, 1.54) is 0 Å². The van der Waals surface area contributed by atoms with Gasteiger partial charge >= 0.3 is 0 Å². The molecule has 0 aliphatic rings.